The quantitative estimate of drug-likeness (QED) is 0.722. The number of hydrogen-bond donors (Lipinski definition) is 1. The number of primary amides is 1. The van der Waals surface area contributed by atoms with Gasteiger partial charge in [-0.25, -0.2) is 4.79 Å². The first-order chi connectivity index (χ1) is 7.74. The van der Waals surface area contributed by atoms with E-state index in [9.17, 15) is 4.79 Å². The molecule has 82 valence electrons. The van der Waals surface area contributed by atoms with Crippen molar-refractivity contribution in [3.8, 4) is 12.3 Å². The number of hydroxylamine groups is 2. The van der Waals surface area contributed by atoms with Gasteiger partial charge in [-0.3, -0.25) is 4.84 Å². The second-order valence-electron chi connectivity index (χ2n) is 3.53. The Morgan fingerprint density at radius 2 is 2.31 bits per heavy atom. The molecular weight excluding hydrogens is 204 g/mol. The lowest BCUT2D eigenvalue weighted by Crippen LogP contribution is -2.34. The van der Waals surface area contributed by atoms with Crippen molar-refractivity contribution in [2.75, 3.05) is 6.61 Å². The maximum Gasteiger partial charge on any atom is 0.339 e. The lowest BCUT2D eigenvalue weighted by Gasteiger charge is -2.21. The topological polar surface area (TPSA) is 55.6 Å². The molecule has 0 radical (unpaired) electrons. The molecule has 2 amide bonds. The lowest BCUT2D eigenvalue weighted by atomic mass is 9.99. The van der Waals surface area contributed by atoms with Gasteiger partial charge in [0, 0.05) is 12.0 Å². The third-order valence-corrected chi connectivity index (χ3v) is 2.60. The fraction of sp³-hybridized carbons (Fsp3) is 0.250. The average Bonchev–Trinajstić information content (AvgIpc) is 2.77. The molecule has 1 saturated heterocycles. The first kappa shape index (κ1) is 10.5. The average molecular weight is 216 g/mol. The Labute approximate surface area is 93.9 Å². The number of nitrogens with zero attached hydrogens (tertiary/aromatic N) is 1. The van der Waals surface area contributed by atoms with Crippen LogP contribution >= 0.6 is 0 Å². The minimum Gasteiger partial charge on any atom is -0.350 e. The van der Waals surface area contributed by atoms with Gasteiger partial charge in [0.2, 0.25) is 0 Å². The summed E-state index contributed by atoms with van der Waals surface area (Å²) in [5.74, 6) is 2.60. The standard InChI is InChI=1S/C12H12N2O2/c1-2-9-5-3-4-6-10(9)11-7-8-16-14(11)12(13)15/h1,3-6,11H,7-8H2,(H2,13,15). The molecular formula is C12H12N2O2. The van der Waals surface area contributed by atoms with Crippen molar-refractivity contribution in [3.63, 3.8) is 0 Å². The van der Waals surface area contributed by atoms with Crippen molar-refractivity contribution in [2.24, 2.45) is 5.73 Å². The van der Waals surface area contributed by atoms with Gasteiger partial charge in [-0.1, -0.05) is 24.1 Å². The van der Waals surface area contributed by atoms with E-state index in [2.05, 4.69) is 5.92 Å². The van der Waals surface area contributed by atoms with Gasteiger partial charge in [0.25, 0.3) is 0 Å². The summed E-state index contributed by atoms with van der Waals surface area (Å²) in [6.45, 7) is 0.479. The summed E-state index contributed by atoms with van der Waals surface area (Å²) in [5.41, 5.74) is 6.90. The molecule has 1 aromatic rings. The van der Waals surface area contributed by atoms with Crippen molar-refractivity contribution < 1.29 is 9.63 Å². The zero-order valence-electron chi connectivity index (χ0n) is 8.72. The van der Waals surface area contributed by atoms with Crippen LogP contribution in [0.5, 0.6) is 0 Å². The van der Waals surface area contributed by atoms with Gasteiger partial charge in [0.05, 0.1) is 12.6 Å². The number of nitrogens with two attached hydrogens (primary N) is 1. The van der Waals surface area contributed by atoms with Crippen LogP contribution in [0.4, 0.5) is 4.79 Å². The molecule has 1 aromatic carbocycles. The summed E-state index contributed by atoms with van der Waals surface area (Å²) in [6, 6.07) is 6.72. The zero-order valence-corrected chi connectivity index (χ0v) is 8.72. The lowest BCUT2D eigenvalue weighted by molar-refractivity contribution is -0.0847. The third kappa shape index (κ3) is 1.73. The normalized spacial score (nSPS) is 19.4. The molecule has 0 bridgehead atoms. The Morgan fingerprint density at radius 1 is 1.56 bits per heavy atom. The molecule has 0 aromatic heterocycles. The highest BCUT2D eigenvalue weighted by Crippen LogP contribution is 2.31. The highest BCUT2D eigenvalue weighted by atomic mass is 16.7. The Bertz CT molecular complexity index is 451. The van der Waals surface area contributed by atoms with Gasteiger partial charge in [-0.05, 0) is 11.6 Å². The van der Waals surface area contributed by atoms with Crippen LogP contribution in [-0.4, -0.2) is 17.7 Å². The van der Waals surface area contributed by atoms with Gasteiger partial charge < -0.3 is 5.73 Å². The van der Waals surface area contributed by atoms with Crippen molar-refractivity contribution in [1.29, 1.82) is 0 Å². The molecule has 1 unspecified atom stereocenters. The van der Waals surface area contributed by atoms with Gasteiger partial charge in [0.15, 0.2) is 0 Å². The maximum atomic E-state index is 11.2. The van der Waals surface area contributed by atoms with Crippen molar-refractivity contribution in [3.05, 3.63) is 35.4 Å². The fourth-order valence-electron chi connectivity index (χ4n) is 1.89. The predicted molar refractivity (Wildman–Crippen MR) is 59.1 cm³/mol. The van der Waals surface area contributed by atoms with E-state index in [0.29, 0.717) is 13.0 Å². The van der Waals surface area contributed by atoms with E-state index >= 15 is 0 Å². The molecule has 1 aliphatic rings. The Kier molecular flexibility index (Phi) is 2.80. The minimum atomic E-state index is -0.589. The molecule has 1 aliphatic heterocycles. The summed E-state index contributed by atoms with van der Waals surface area (Å²) < 4.78 is 0. The number of carbonyl (C=O) groups is 1. The number of amides is 2. The smallest absolute Gasteiger partial charge is 0.339 e. The molecule has 2 N–H and O–H groups in total. The van der Waals surface area contributed by atoms with E-state index in [1.165, 1.54) is 5.06 Å². The van der Waals surface area contributed by atoms with Gasteiger partial charge >= 0.3 is 6.03 Å². The number of terminal acetylenes is 1. The Morgan fingerprint density at radius 3 is 3.00 bits per heavy atom. The van der Waals surface area contributed by atoms with Crippen LogP contribution in [0.1, 0.15) is 23.6 Å². The number of rotatable bonds is 1. The second-order valence-corrected chi connectivity index (χ2v) is 3.53. The number of urea groups is 1. The van der Waals surface area contributed by atoms with Crippen molar-refractivity contribution in [2.45, 2.75) is 12.5 Å². The summed E-state index contributed by atoms with van der Waals surface area (Å²) >= 11 is 0. The molecule has 4 nitrogen and oxygen atoms in total. The van der Waals surface area contributed by atoms with E-state index in [1.807, 2.05) is 24.3 Å². The van der Waals surface area contributed by atoms with Crippen molar-refractivity contribution in [1.82, 2.24) is 5.06 Å². The van der Waals surface area contributed by atoms with Gasteiger partial charge in [-0.2, -0.15) is 5.06 Å². The second kappa shape index (κ2) is 4.25. The highest BCUT2D eigenvalue weighted by Gasteiger charge is 2.31. The first-order valence-corrected chi connectivity index (χ1v) is 5.01. The molecule has 4 heteroatoms. The monoisotopic (exact) mass is 216 g/mol. The Hall–Kier alpha value is -1.99. The van der Waals surface area contributed by atoms with E-state index in [-0.39, 0.29) is 6.04 Å². The molecule has 0 saturated carbocycles. The maximum absolute atomic E-state index is 11.2. The van der Waals surface area contributed by atoms with E-state index in [4.69, 9.17) is 17.0 Å². The highest BCUT2D eigenvalue weighted by molar-refractivity contribution is 5.71. The largest absolute Gasteiger partial charge is 0.350 e. The third-order valence-electron chi connectivity index (χ3n) is 2.60. The fourth-order valence-corrected chi connectivity index (χ4v) is 1.89. The zero-order chi connectivity index (χ0) is 11.5. The number of hydrogen-bond acceptors (Lipinski definition) is 2. The number of carbonyl (C=O) groups excluding carboxylic acids is 1. The SMILES string of the molecule is C#Cc1ccccc1C1CCON1C(N)=O. The van der Waals surface area contributed by atoms with E-state index < -0.39 is 6.03 Å². The molecule has 0 spiro atoms. The molecule has 1 atom stereocenters. The molecule has 1 heterocycles. The van der Waals surface area contributed by atoms with Crippen LogP contribution in [0.3, 0.4) is 0 Å². The van der Waals surface area contributed by atoms with Crippen LogP contribution in [0, 0.1) is 12.3 Å². The molecule has 16 heavy (non-hydrogen) atoms. The summed E-state index contributed by atoms with van der Waals surface area (Å²) in [6.07, 6.45) is 6.12. The van der Waals surface area contributed by atoms with Crippen LogP contribution in [-0.2, 0) is 4.84 Å². The van der Waals surface area contributed by atoms with Crippen LogP contribution in [0.2, 0.25) is 0 Å². The minimum absolute atomic E-state index is 0.176. The van der Waals surface area contributed by atoms with Gasteiger partial charge in [0.1, 0.15) is 0 Å². The summed E-state index contributed by atoms with van der Waals surface area (Å²) in [4.78, 5) is 16.3. The van der Waals surface area contributed by atoms with E-state index in [1.54, 1.807) is 0 Å². The Balaban J connectivity index is 2.37. The first-order valence-electron chi connectivity index (χ1n) is 5.01. The molecule has 0 aliphatic carbocycles. The predicted octanol–water partition coefficient (Wildman–Crippen LogP) is 1.43. The summed E-state index contributed by atoms with van der Waals surface area (Å²) in [5, 5.41) is 1.19. The van der Waals surface area contributed by atoms with Crippen molar-refractivity contribution >= 4 is 6.03 Å². The van der Waals surface area contributed by atoms with Crippen LogP contribution in [0.15, 0.2) is 24.3 Å². The van der Waals surface area contributed by atoms with E-state index in [0.717, 1.165) is 11.1 Å². The van der Waals surface area contributed by atoms with Crippen LogP contribution < -0.4 is 5.73 Å². The van der Waals surface area contributed by atoms with Gasteiger partial charge in [-0.15, -0.1) is 6.42 Å². The van der Waals surface area contributed by atoms with Crippen LogP contribution in [0.25, 0.3) is 0 Å². The molecule has 2 rings (SSSR count). The number of benzene rings is 1. The summed E-state index contributed by atoms with van der Waals surface area (Å²) in [7, 11) is 0. The molecule has 1 fully saturated rings.